The highest BCUT2D eigenvalue weighted by atomic mass is 32.2. The average Bonchev–Trinajstić information content (AvgIpc) is 2.91. The molecule has 0 aliphatic heterocycles. The molecule has 3 aromatic carbocycles. The van der Waals surface area contributed by atoms with Crippen LogP contribution in [0.1, 0.15) is 16.7 Å². The van der Waals surface area contributed by atoms with Crippen LogP contribution in [0.15, 0.2) is 76.5 Å². The van der Waals surface area contributed by atoms with Crippen molar-refractivity contribution in [1.29, 1.82) is 0 Å². The van der Waals surface area contributed by atoms with Crippen LogP contribution >= 0.6 is 0 Å². The van der Waals surface area contributed by atoms with Crippen LogP contribution in [-0.4, -0.2) is 69.7 Å². The van der Waals surface area contributed by atoms with Gasteiger partial charge in [-0.25, -0.2) is 0 Å². The molecule has 224 valence electrons. The number of benzene rings is 3. The SMILES string of the molecule is Cc1cc(OCCOCCOS(=O)(=O)c2cccc(C)c2)cc(OCCOCCOS(=O)(=O)c2cccc(C)c2)c1. The number of hydrogen-bond acceptors (Lipinski definition) is 10. The van der Waals surface area contributed by atoms with Gasteiger partial charge in [-0.15, -0.1) is 0 Å². The summed E-state index contributed by atoms with van der Waals surface area (Å²) in [5.74, 6) is 1.19. The fourth-order valence-corrected chi connectivity index (χ4v) is 5.60. The maximum absolute atomic E-state index is 12.2. The first-order valence-corrected chi connectivity index (χ1v) is 15.8. The van der Waals surface area contributed by atoms with E-state index in [9.17, 15) is 16.8 Å². The molecular weight excluding hydrogens is 572 g/mol. The molecule has 0 amide bonds. The van der Waals surface area contributed by atoms with Crippen LogP contribution < -0.4 is 9.47 Å². The zero-order valence-electron chi connectivity index (χ0n) is 23.4. The lowest BCUT2D eigenvalue weighted by atomic mass is 10.2. The Kier molecular flexibility index (Phi) is 12.6. The highest BCUT2D eigenvalue weighted by Gasteiger charge is 2.16. The molecule has 0 saturated heterocycles. The molecule has 0 aromatic heterocycles. The molecule has 3 aromatic rings. The van der Waals surface area contributed by atoms with E-state index in [-0.39, 0.29) is 62.6 Å². The van der Waals surface area contributed by atoms with Crippen LogP contribution in [0.5, 0.6) is 11.5 Å². The molecule has 12 heteroatoms. The predicted octanol–water partition coefficient (Wildman–Crippen LogP) is 4.21. The van der Waals surface area contributed by atoms with Gasteiger partial charge in [-0.05, 0) is 73.9 Å². The van der Waals surface area contributed by atoms with Crippen molar-refractivity contribution in [1.82, 2.24) is 0 Å². The van der Waals surface area contributed by atoms with Gasteiger partial charge in [0.25, 0.3) is 20.2 Å². The molecule has 0 aliphatic carbocycles. The average molecular weight is 609 g/mol. The van der Waals surface area contributed by atoms with Crippen molar-refractivity contribution in [3.63, 3.8) is 0 Å². The molecule has 0 aliphatic rings. The molecule has 0 atom stereocenters. The normalized spacial score (nSPS) is 11.9. The van der Waals surface area contributed by atoms with E-state index in [1.807, 2.05) is 45.0 Å². The van der Waals surface area contributed by atoms with Crippen molar-refractivity contribution < 1.29 is 44.1 Å². The van der Waals surface area contributed by atoms with E-state index >= 15 is 0 Å². The summed E-state index contributed by atoms with van der Waals surface area (Å²) in [6.07, 6.45) is 0. The highest BCUT2D eigenvalue weighted by Crippen LogP contribution is 2.22. The van der Waals surface area contributed by atoms with Gasteiger partial charge in [0, 0.05) is 6.07 Å². The fourth-order valence-electron chi connectivity index (χ4n) is 3.60. The third kappa shape index (κ3) is 11.4. The van der Waals surface area contributed by atoms with E-state index < -0.39 is 20.2 Å². The third-order valence-corrected chi connectivity index (χ3v) is 8.12. The standard InChI is InChI=1S/C29H36O10S2/c1-23-6-4-8-28(20-23)40(30,31)38-16-12-34-10-14-36-26-18-25(3)19-27(22-26)37-15-11-35-13-17-39-41(32,33)29-9-5-7-24(2)21-29/h4-9,18-22H,10-17H2,1-3H3. The van der Waals surface area contributed by atoms with Gasteiger partial charge in [0.15, 0.2) is 0 Å². The fraction of sp³-hybridized carbons (Fsp3) is 0.379. The van der Waals surface area contributed by atoms with Crippen LogP contribution in [0.2, 0.25) is 0 Å². The zero-order chi connectivity index (χ0) is 29.7. The summed E-state index contributed by atoms with van der Waals surface area (Å²) in [6, 6.07) is 18.5. The first-order valence-electron chi connectivity index (χ1n) is 13.0. The molecule has 0 fully saturated rings. The van der Waals surface area contributed by atoms with Crippen LogP contribution in [0, 0.1) is 20.8 Å². The van der Waals surface area contributed by atoms with Gasteiger partial charge in [-0.1, -0.05) is 24.3 Å². The molecule has 0 bridgehead atoms. The Balaban J connectivity index is 1.28. The number of aryl methyl sites for hydroxylation is 3. The summed E-state index contributed by atoms with van der Waals surface area (Å²) in [5.41, 5.74) is 2.59. The summed E-state index contributed by atoms with van der Waals surface area (Å²) in [7, 11) is -7.65. The molecule has 41 heavy (non-hydrogen) atoms. The summed E-state index contributed by atoms with van der Waals surface area (Å²) >= 11 is 0. The van der Waals surface area contributed by atoms with E-state index in [1.165, 1.54) is 12.1 Å². The number of ether oxygens (including phenoxy) is 4. The second-order valence-electron chi connectivity index (χ2n) is 9.09. The van der Waals surface area contributed by atoms with Gasteiger partial charge in [-0.3, -0.25) is 8.37 Å². The molecule has 0 unspecified atom stereocenters. The van der Waals surface area contributed by atoms with E-state index in [2.05, 4.69) is 0 Å². The minimum atomic E-state index is -3.82. The van der Waals surface area contributed by atoms with Crippen molar-refractivity contribution in [3.05, 3.63) is 83.4 Å². The van der Waals surface area contributed by atoms with Gasteiger partial charge in [0.2, 0.25) is 0 Å². The van der Waals surface area contributed by atoms with Crippen molar-refractivity contribution >= 4 is 20.2 Å². The predicted molar refractivity (Wildman–Crippen MR) is 152 cm³/mol. The minimum absolute atomic E-state index is 0.0967. The lowest BCUT2D eigenvalue weighted by Gasteiger charge is -2.12. The van der Waals surface area contributed by atoms with Crippen molar-refractivity contribution in [2.45, 2.75) is 30.6 Å². The van der Waals surface area contributed by atoms with Crippen LogP contribution in [0.25, 0.3) is 0 Å². The Morgan fingerprint density at radius 3 is 1.32 bits per heavy atom. The number of hydrogen-bond donors (Lipinski definition) is 0. The van der Waals surface area contributed by atoms with Gasteiger partial charge in [0.05, 0.1) is 49.4 Å². The summed E-state index contributed by atoms with van der Waals surface area (Å²) in [5, 5.41) is 0. The molecule has 0 spiro atoms. The van der Waals surface area contributed by atoms with Crippen LogP contribution in [0.3, 0.4) is 0 Å². The Bertz CT molecular complexity index is 1360. The monoisotopic (exact) mass is 608 g/mol. The topological polar surface area (TPSA) is 124 Å². The number of rotatable bonds is 18. The van der Waals surface area contributed by atoms with Gasteiger partial charge < -0.3 is 18.9 Å². The smallest absolute Gasteiger partial charge is 0.297 e. The van der Waals surface area contributed by atoms with Crippen LogP contribution in [0.4, 0.5) is 0 Å². The first-order chi connectivity index (χ1) is 19.5. The molecule has 0 N–H and O–H groups in total. The second-order valence-corrected chi connectivity index (χ2v) is 12.3. The van der Waals surface area contributed by atoms with Crippen molar-refractivity contribution in [3.8, 4) is 11.5 Å². The van der Waals surface area contributed by atoms with Gasteiger partial charge in [0.1, 0.15) is 24.7 Å². The van der Waals surface area contributed by atoms with E-state index in [0.717, 1.165) is 16.7 Å². The Morgan fingerprint density at radius 2 is 0.902 bits per heavy atom. The Labute approximate surface area is 242 Å². The third-order valence-electron chi connectivity index (χ3n) is 5.51. The molecule has 3 rings (SSSR count). The summed E-state index contributed by atoms with van der Waals surface area (Å²) in [6.45, 7) is 6.51. The molecular formula is C29H36O10S2. The second kappa shape index (κ2) is 15.9. The molecule has 10 nitrogen and oxygen atoms in total. The summed E-state index contributed by atoms with van der Waals surface area (Å²) in [4.78, 5) is 0.228. The minimum Gasteiger partial charge on any atom is -0.491 e. The van der Waals surface area contributed by atoms with Crippen molar-refractivity contribution in [2.24, 2.45) is 0 Å². The van der Waals surface area contributed by atoms with Crippen LogP contribution in [-0.2, 0) is 38.1 Å². The highest BCUT2D eigenvalue weighted by molar-refractivity contribution is 7.87. The van der Waals surface area contributed by atoms with E-state index in [0.29, 0.717) is 11.5 Å². The lowest BCUT2D eigenvalue weighted by Crippen LogP contribution is -2.14. The van der Waals surface area contributed by atoms with E-state index in [1.54, 1.807) is 30.3 Å². The quantitative estimate of drug-likeness (QED) is 0.153. The largest absolute Gasteiger partial charge is 0.491 e. The first kappa shape index (κ1) is 32.5. The summed E-state index contributed by atoms with van der Waals surface area (Å²) < 4.78 is 81.2. The Hall–Kier alpha value is -3.00. The van der Waals surface area contributed by atoms with Gasteiger partial charge in [-0.2, -0.15) is 16.8 Å². The zero-order valence-corrected chi connectivity index (χ0v) is 25.0. The van der Waals surface area contributed by atoms with Gasteiger partial charge >= 0.3 is 0 Å². The van der Waals surface area contributed by atoms with Crippen molar-refractivity contribution in [2.75, 3.05) is 52.9 Å². The lowest BCUT2D eigenvalue weighted by molar-refractivity contribution is 0.0761. The Morgan fingerprint density at radius 1 is 0.488 bits per heavy atom. The maximum Gasteiger partial charge on any atom is 0.297 e. The molecule has 0 radical (unpaired) electrons. The maximum atomic E-state index is 12.2. The van der Waals surface area contributed by atoms with E-state index in [4.69, 9.17) is 27.3 Å². The molecule has 0 saturated carbocycles. The molecule has 0 heterocycles.